The number of anilines is 2. The van der Waals surface area contributed by atoms with Crippen LogP contribution in [0.5, 0.6) is 0 Å². The lowest BCUT2D eigenvalue weighted by molar-refractivity contribution is -0.115. The van der Waals surface area contributed by atoms with Crippen molar-refractivity contribution in [3.63, 3.8) is 0 Å². The number of morpholine rings is 1. The van der Waals surface area contributed by atoms with Crippen LogP contribution in [-0.4, -0.2) is 38.8 Å². The normalized spacial score (nSPS) is 14.4. The van der Waals surface area contributed by atoms with Gasteiger partial charge in [0.05, 0.1) is 31.1 Å². The predicted octanol–water partition coefficient (Wildman–Crippen LogP) is 2.90. The van der Waals surface area contributed by atoms with E-state index in [9.17, 15) is 4.79 Å². The van der Waals surface area contributed by atoms with Crippen molar-refractivity contribution in [3.05, 3.63) is 59.1 Å². The highest BCUT2D eigenvalue weighted by atomic mass is 35.5. The van der Waals surface area contributed by atoms with Crippen molar-refractivity contribution in [1.82, 2.24) is 5.32 Å². The summed E-state index contributed by atoms with van der Waals surface area (Å²) in [6.07, 6.45) is 0. The zero-order valence-electron chi connectivity index (χ0n) is 14.0. The zero-order chi connectivity index (χ0) is 17.5. The number of benzene rings is 2. The fourth-order valence-electron chi connectivity index (χ4n) is 2.81. The lowest BCUT2D eigenvalue weighted by atomic mass is 10.2. The molecule has 1 fully saturated rings. The molecule has 0 saturated carbocycles. The fourth-order valence-corrected chi connectivity index (χ4v) is 3.01. The molecule has 1 amide bonds. The Morgan fingerprint density at radius 1 is 1.08 bits per heavy atom. The Hall–Kier alpha value is -2.08. The molecule has 0 unspecified atom stereocenters. The van der Waals surface area contributed by atoms with Crippen molar-refractivity contribution < 1.29 is 9.53 Å². The third-order valence-corrected chi connectivity index (χ3v) is 4.46. The minimum Gasteiger partial charge on any atom is -0.378 e. The predicted molar refractivity (Wildman–Crippen MR) is 101 cm³/mol. The van der Waals surface area contributed by atoms with Crippen molar-refractivity contribution in [2.75, 3.05) is 43.1 Å². The molecule has 0 atom stereocenters. The summed E-state index contributed by atoms with van der Waals surface area (Å²) in [7, 11) is 0. The number of amides is 1. The summed E-state index contributed by atoms with van der Waals surface area (Å²) in [4.78, 5) is 14.5. The molecule has 132 valence electrons. The van der Waals surface area contributed by atoms with Crippen molar-refractivity contribution in [2.45, 2.75) is 6.54 Å². The lowest BCUT2D eigenvalue weighted by Crippen LogP contribution is -2.37. The summed E-state index contributed by atoms with van der Waals surface area (Å²) >= 11 is 6.12. The molecule has 25 heavy (non-hydrogen) atoms. The maximum absolute atomic E-state index is 12.3. The van der Waals surface area contributed by atoms with Crippen LogP contribution in [0.15, 0.2) is 48.5 Å². The van der Waals surface area contributed by atoms with Gasteiger partial charge in [-0.05, 0) is 23.8 Å². The van der Waals surface area contributed by atoms with Crippen LogP contribution in [0, 0.1) is 0 Å². The summed E-state index contributed by atoms with van der Waals surface area (Å²) in [6, 6.07) is 15.5. The number of hydrogen-bond donors (Lipinski definition) is 2. The summed E-state index contributed by atoms with van der Waals surface area (Å²) < 4.78 is 5.40. The molecular weight excluding hydrogens is 338 g/mol. The van der Waals surface area contributed by atoms with E-state index in [2.05, 4.69) is 15.5 Å². The van der Waals surface area contributed by atoms with E-state index in [4.69, 9.17) is 16.3 Å². The summed E-state index contributed by atoms with van der Waals surface area (Å²) in [6.45, 7) is 3.86. The molecule has 2 aromatic rings. The van der Waals surface area contributed by atoms with Gasteiger partial charge in [0.25, 0.3) is 0 Å². The van der Waals surface area contributed by atoms with Gasteiger partial charge in [0.1, 0.15) is 0 Å². The van der Waals surface area contributed by atoms with Crippen LogP contribution in [0.25, 0.3) is 0 Å². The second-order valence-electron chi connectivity index (χ2n) is 5.86. The van der Waals surface area contributed by atoms with Crippen LogP contribution in [0.1, 0.15) is 5.56 Å². The SMILES string of the molecule is O=C(CNCc1ccccc1Cl)Nc1ccccc1N1CCOCC1. The third kappa shape index (κ3) is 4.95. The zero-order valence-corrected chi connectivity index (χ0v) is 14.8. The Balaban J connectivity index is 1.55. The first-order valence-electron chi connectivity index (χ1n) is 8.40. The molecule has 2 aromatic carbocycles. The monoisotopic (exact) mass is 359 g/mol. The number of hydrogen-bond acceptors (Lipinski definition) is 4. The number of carbonyl (C=O) groups is 1. The van der Waals surface area contributed by atoms with E-state index in [1.165, 1.54) is 0 Å². The largest absolute Gasteiger partial charge is 0.378 e. The molecule has 2 N–H and O–H groups in total. The number of nitrogens with zero attached hydrogens (tertiary/aromatic N) is 1. The number of para-hydroxylation sites is 2. The Kier molecular flexibility index (Phi) is 6.28. The second-order valence-corrected chi connectivity index (χ2v) is 6.27. The van der Waals surface area contributed by atoms with E-state index < -0.39 is 0 Å². The highest BCUT2D eigenvalue weighted by molar-refractivity contribution is 6.31. The van der Waals surface area contributed by atoms with Crippen LogP contribution >= 0.6 is 11.6 Å². The van der Waals surface area contributed by atoms with Crippen LogP contribution < -0.4 is 15.5 Å². The van der Waals surface area contributed by atoms with Crippen molar-refractivity contribution in [1.29, 1.82) is 0 Å². The highest BCUT2D eigenvalue weighted by Crippen LogP contribution is 2.26. The van der Waals surface area contributed by atoms with Crippen LogP contribution in [0.4, 0.5) is 11.4 Å². The van der Waals surface area contributed by atoms with Crippen LogP contribution in [0.2, 0.25) is 5.02 Å². The molecule has 1 saturated heterocycles. The van der Waals surface area contributed by atoms with Gasteiger partial charge < -0.3 is 20.3 Å². The maximum Gasteiger partial charge on any atom is 0.238 e. The molecule has 1 aliphatic rings. The van der Waals surface area contributed by atoms with Crippen molar-refractivity contribution >= 4 is 28.9 Å². The summed E-state index contributed by atoms with van der Waals surface area (Å²) in [5.41, 5.74) is 2.84. The molecule has 0 spiro atoms. The molecule has 1 aliphatic heterocycles. The van der Waals surface area contributed by atoms with Crippen molar-refractivity contribution in [2.24, 2.45) is 0 Å². The van der Waals surface area contributed by atoms with Gasteiger partial charge in [0, 0.05) is 24.7 Å². The van der Waals surface area contributed by atoms with Gasteiger partial charge in [-0.3, -0.25) is 4.79 Å². The maximum atomic E-state index is 12.3. The highest BCUT2D eigenvalue weighted by Gasteiger charge is 2.15. The van der Waals surface area contributed by atoms with E-state index in [1.807, 2.05) is 48.5 Å². The average molecular weight is 360 g/mol. The van der Waals surface area contributed by atoms with Crippen LogP contribution in [-0.2, 0) is 16.1 Å². The molecule has 0 radical (unpaired) electrons. The minimum absolute atomic E-state index is 0.0761. The van der Waals surface area contributed by atoms with Gasteiger partial charge in [-0.15, -0.1) is 0 Å². The molecule has 3 rings (SSSR count). The lowest BCUT2D eigenvalue weighted by Gasteiger charge is -2.30. The van der Waals surface area contributed by atoms with Gasteiger partial charge in [-0.25, -0.2) is 0 Å². The Labute approximate surface area is 152 Å². The van der Waals surface area contributed by atoms with Gasteiger partial charge in [0.2, 0.25) is 5.91 Å². The first kappa shape index (κ1) is 17.7. The number of ether oxygens (including phenoxy) is 1. The van der Waals surface area contributed by atoms with Gasteiger partial charge in [0.15, 0.2) is 0 Å². The Bertz CT molecular complexity index is 717. The first-order chi connectivity index (χ1) is 12.2. The van der Waals surface area contributed by atoms with Gasteiger partial charge in [-0.2, -0.15) is 0 Å². The van der Waals surface area contributed by atoms with E-state index >= 15 is 0 Å². The van der Waals surface area contributed by atoms with E-state index in [0.29, 0.717) is 24.8 Å². The van der Waals surface area contributed by atoms with Crippen molar-refractivity contribution in [3.8, 4) is 0 Å². The Morgan fingerprint density at radius 3 is 2.60 bits per heavy atom. The first-order valence-corrected chi connectivity index (χ1v) is 8.77. The Morgan fingerprint density at radius 2 is 1.80 bits per heavy atom. The average Bonchev–Trinajstić information content (AvgIpc) is 2.64. The van der Waals surface area contributed by atoms with Crippen LogP contribution in [0.3, 0.4) is 0 Å². The number of nitrogens with one attached hydrogen (secondary N) is 2. The minimum atomic E-state index is -0.0761. The number of carbonyl (C=O) groups excluding carboxylic acids is 1. The summed E-state index contributed by atoms with van der Waals surface area (Å²) in [5, 5.41) is 6.83. The van der Waals surface area contributed by atoms with E-state index in [1.54, 1.807) is 0 Å². The molecule has 6 heteroatoms. The molecule has 1 heterocycles. The van der Waals surface area contributed by atoms with Gasteiger partial charge in [-0.1, -0.05) is 41.9 Å². The quantitative estimate of drug-likeness (QED) is 0.832. The second kappa shape index (κ2) is 8.85. The van der Waals surface area contributed by atoms with Gasteiger partial charge >= 0.3 is 0 Å². The topological polar surface area (TPSA) is 53.6 Å². The smallest absolute Gasteiger partial charge is 0.238 e. The molecule has 5 nitrogen and oxygen atoms in total. The van der Waals surface area contributed by atoms with E-state index in [0.717, 1.165) is 30.0 Å². The molecule has 0 aliphatic carbocycles. The van der Waals surface area contributed by atoms with E-state index in [-0.39, 0.29) is 12.5 Å². The standard InChI is InChI=1S/C19H22ClN3O2/c20-16-6-2-1-5-15(16)13-21-14-19(24)22-17-7-3-4-8-18(17)23-9-11-25-12-10-23/h1-8,21H,9-14H2,(H,22,24). The number of rotatable bonds is 6. The summed E-state index contributed by atoms with van der Waals surface area (Å²) in [5.74, 6) is -0.0761. The number of halogens is 1. The fraction of sp³-hybridized carbons (Fsp3) is 0.316. The third-order valence-electron chi connectivity index (χ3n) is 4.09. The molecular formula is C19H22ClN3O2. The molecule has 0 bridgehead atoms. The molecule has 0 aromatic heterocycles.